The Hall–Kier alpha value is -0.900. The number of aryl methyl sites for hydroxylation is 1. The van der Waals surface area contributed by atoms with Gasteiger partial charge in [-0.05, 0) is 24.8 Å². The van der Waals surface area contributed by atoms with Crippen LogP contribution in [-0.4, -0.2) is 16.7 Å². The van der Waals surface area contributed by atoms with Gasteiger partial charge in [0.05, 0.1) is 0 Å². The van der Waals surface area contributed by atoms with Gasteiger partial charge in [0.2, 0.25) is 5.89 Å². The topological polar surface area (TPSA) is 64.9 Å². The maximum Gasteiger partial charge on any atom is 0.227 e. The lowest BCUT2D eigenvalue weighted by molar-refractivity contribution is 0.129. The van der Waals surface area contributed by atoms with Crippen molar-refractivity contribution in [3.63, 3.8) is 0 Å². The van der Waals surface area contributed by atoms with Crippen molar-refractivity contribution in [3.05, 3.63) is 11.7 Å². The van der Waals surface area contributed by atoms with E-state index in [2.05, 4.69) is 10.1 Å². The van der Waals surface area contributed by atoms with Gasteiger partial charge >= 0.3 is 0 Å². The second kappa shape index (κ2) is 3.69. The fourth-order valence-corrected chi connectivity index (χ4v) is 1.96. The van der Waals surface area contributed by atoms with E-state index < -0.39 is 0 Å². The summed E-state index contributed by atoms with van der Waals surface area (Å²) in [5.74, 6) is 1.55. The van der Waals surface area contributed by atoms with Crippen LogP contribution in [0.2, 0.25) is 0 Å². The lowest BCUT2D eigenvalue weighted by Crippen LogP contribution is -2.39. The first-order valence-corrected chi connectivity index (χ1v) is 5.29. The zero-order valence-corrected chi connectivity index (χ0v) is 8.62. The molecule has 1 saturated carbocycles. The van der Waals surface area contributed by atoms with Crippen molar-refractivity contribution in [2.45, 2.75) is 39.0 Å². The van der Waals surface area contributed by atoms with Gasteiger partial charge in [-0.15, -0.1) is 0 Å². The Morgan fingerprint density at radius 3 is 2.71 bits per heavy atom. The standard InChI is InChI=1S/C10H17N3O/c1-2-8-12-9(14-13-8)6-10(7-11)4-3-5-10/h2-7,11H2,1H3. The molecule has 0 atom stereocenters. The highest BCUT2D eigenvalue weighted by atomic mass is 16.5. The Kier molecular flexibility index (Phi) is 2.54. The molecule has 1 aliphatic rings. The van der Waals surface area contributed by atoms with Gasteiger partial charge in [-0.2, -0.15) is 4.98 Å². The smallest absolute Gasteiger partial charge is 0.227 e. The number of nitrogens with two attached hydrogens (primary N) is 1. The predicted octanol–water partition coefficient (Wildman–Crippen LogP) is 1.30. The highest BCUT2D eigenvalue weighted by Gasteiger charge is 2.37. The molecule has 0 aliphatic heterocycles. The van der Waals surface area contributed by atoms with E-state index in [1.807, 2.05) is 6.92 Å². The van der Waals surface area contributed by atoms with Crippen LogP contribution in [0.3, 0.4) is 0 Å². The van der Waals surface area contributed by atoms with E-state index in [0.29, 0.717) is 0 Å². The van der Waals surface area contributed by atoms with Crippen LogP contribution in [0.25, 0.3) is 0 Å². The third-order valence-electron chi connectivity index (χ3n) is 3.20. The monoisotopic (exact) mass is 195 g/mol. The predicted molar refractivity (Wildman–Crippen MR) is 52.7 cm³/mol. The summed E-state index contributed by atoms with van der Waals surface area (Å²) in [5.41, 5.74) is 6.03. The van der Waals surface area contributed by atoms with E-state index in [0.717, 1.165) is 31.1 Å². The Bertz CT molecular complexity index is 299. The van der Waals surface area contributed by atoms with E-state index in [4.69, 9.17) is 10.3 Å². The van der Waals surface area contributed by atoms with Crippen LogP contribution in [0.4, 0.5) is 0 Å². The minimum Gasteiger partial charge on any atom is -0.339 e. The van der Waals surface area contributed by atoms with Crippen molar-refractivity contribution < 1.29 is 4.52 Å². The summed E-state index contributed by atoms with van der Waals surface area (Å²) in [5, 5.41) is 3.88. The van der Waals surface area contributed by atoms with Gasteiger partial charge < -0.3 is 10.3 Å². The van der Waals surface area contributed by atoms with Crippen LogP contribution in [0.5, 0.6) is 0 Å². The zero-order valence-electron chi connectivity index (χ0n) is 8.62. The molecule has 4 heteroatoms. The van der Waals surface area contributed by atoms with Gasteiger partial charge in [0.15, 0.2) is 5.82 Å². The minimum atomic E-state index is 0.261. The van der Waals surface area contributed by atoms with Crippen molar-refractivity contribution in [2.24, 2.45) is 11.1 Å². The molecule has 2 rings (SSSR count). The molecule has 1 aromatic heterocycles. The second-order valence-electron chi connectivity index (χ2n) is 4.19. The molecule has 14 heavy (non-hydrogen) atoms. The van der Waals surface area contributed by atoms with Crippen LogP contribution in [0, 0.1) is 5.41 Å². The molecule has 0 bridgehead atoms. The summed E-state index contributed by atoms with van der Waals surface area (Å²) in [7, 11) is 0. The summed E-state index contributed by atoms with van der Waals surface area (Å²) < 4.78 is 5.17. The molecule has 0 radical (unpaired) electrons. The number of aromatic nitrogens is 2. The molecule has 2 N–H and O–H groups in total. The minimum absolute atomic E-state index is 0.261. The first kappa shape index (κ1) is 9.65. The summed E-state index contributed by atoms with van der Waals surface area (Å²) in [6.07, 6.45) is 5.38. The van der Waals surface area contributed by atoms with Crippen molar-refractivity contribution in [2.75, 3.05) is 6.54 Å². The van der Waals surface area contributed by atoms with Gasteiger partial charge in [0.25, 0.3) is 0 Å². The van der Waals surface area contributed by atoms with Gasteiger partial charge in [0.1, 0.15) is 0 Å². The Labute approximate surface area is 83.9 Å². The number of hydrogen-bond acceptors (Lipinski definition) is 4. The maximum atomic E-state index is 5.77. The molecule has 4 nitrogen and oxygen atoms in total. The largest absolute Gasteiger partial charge is 0.339 e. The molecule has 0 saturated heterocycles. The van der Waals surface area contributed by atoms with Gasteiger partial charge in [-0.25, -0.2) is 0 Å². The highest BCUT2D eigenvalue weighted by Crippen LogP contribution is 2.42. The van der Waals surface area contributed by atoms with Gasteiger partial charge in [0, 0.05) is 12.8 Å². The number of nitrogens with zero attached hydrogens (tertiary/aromatic N) is 2. The number of rotatable bonds is 4. The molecule has 0 unspecified atom stereocenters. The van der Waals surface area contributed by atoms with Crippen LogP contribution >= 0.6 is 0 Å². The molecule has 1 aromatic rings. The van der Waals surface area contributed by atoms with Crippen LogP contribution in [0.1, 0.15) is 37.9 Å². The molecule has 1 aliphatic carbocycles. The molecular formula is C10H17N3O. The Morgan fingerprint density at radius 1 is 1.50 bits per heavy atom. The summed E-state index contributed by atoms with van der Waals surface area (Å²) >= 11 is 0. The average molecular weight is 195 g/mol. The van der Waals surface area contributed by atoms with E-state index in [9.17, 15) is 0 Å². The van der Waals surface area contributed by atoms with Crippen molar-refractivity contribution >= 4 is 0 Å². The average Bonchev–Trinajstić information content (AvgIpc) is 2.59. The molecular weight excluding hydrogens is 178 g/mol. The summed E-state index contributed by atoms with van der Waals surface area (Å²) in [6.45, 7) is 2.76. The molecule has 0 amide bonds. The molecule has 1 heterocycles. The maximum absolute atomic E-state index is 5.77. The fourth-order valence-electron chi connectivity index (χ4n) is 1.96. The summed E-state index contributed by atoms with van der Waals surface area (Å²) in [4.78, 5) is 4.31. The normalized spacial score (nSPS) is 19.3. The molecule has 0 aromatic carbocycles. The van der Waals surface area contributed by atoms with E-state index in [1.165, 1.54) is 19.3 Å². The molecule has 78 valence electrons. The fraction of sp³-hybridized carbons (Fsp3) is 0.800. The second-order valence-corrected chi connectivity index (χ2v) is 4.19. The van der Waals surface area contributed by atoms with Crippen molar-refractivity contribution in [1.82, 2.24) is 10.1 Å². The Morgan fingerprint density at radius 2 is 2.29 bits per heavy atom. The van der Waals surface area contributed by atoms with E-state index in [-0.39, 0.29) is 5.41 Å². The third-order valence-corrected chi connectivity index (χ3v) is 3.20. The van der Waals surface area contributed by atoms with Crippen LogP contribution in [-0.2, 0) is 12.8 Å². The SMILES string of the molecule is CCc1noc(CC2(CN)CCC2)n1. The van der Waals surface area contributed by atoms with Crippen molar-refractivity contribution in [3.8, 4) is 0 Å². The van der Waals surface area contributed by atoms with Crippen LogP contribution < -0.4 is 5.73 Å². The van der Waals surface area contributed by atoms with E-state index in [1.54, 1.807) is 0 Å². The molecule has 0 spiro atoms. The zero-order chi connectivity index (χ0) is 10.0. The quantitative estimate of drug-likeness (QED) is 0.786. The first-order valence-electron chi connectivity index (χ1n) is 5.29. The number of hydrogen-bond donors (Lipinski definition) is 1. The molecule has 1 fully saturated rings. The summed E-state index contributed by atoms with van der Waals surface area (Å²) in [6, 6.07) is 0. The lowest BCUT2D eigenvalue weighted by atomic mass is 9.67. The lowest BCUT2D eigenvalue weighted by Gasteiger charge is -2.39. The first-order chi connectivity index (χ1) is 6.78. The van der Waals surface area contributed by atoms with Crippen molar-refractivity contribution in [1.29, 1.82) is 0 Å². The van der Waals surface area contributed by atoms with Gasteiger partial charge in [-0.3, -0.25) is 0 Å². The van der Waals surface area contributed by atoms with Gasteiger partial charge in [-0.1, -0.05) is 18.5 Å². The third kappa shape index (κ3) is 1.66. The van der Waals surface area contributed by atoms with Crippen LogP contribution in [0.15, 0.2) is 4.52 Å². The Balaban J connectivity index is 2.02. The highest BCUT2D eigenvalue weighted by molar-refractivity contribution is 4.97. The van der Waals surface area contributed by atoms with E-state index >= 15 is 0 Å².